The number of piperidine rings is 1. The highest BCUT2D eigenvalue weighted by atomic mass is 35.5. The summed E-state index contributed by atoms with van der Waals surface area (Å²) in [6.45, 7) is 2.62. The second-order valence-electron chi connectivity index (χ2n) is 6.19. The zero-order valence-electron chi connectivity index (χ0n) is 13.8. The van der Waals surface area contributed by atoms with E-state index < -0.39 is 0 Å². The fourth-order valence-electron chi connectivity index (χ4n) is 3.01. The van der Waals surface area contributed by atoms with Crippen LogP contribution in [0.3, 0.4) is 0 Å². The number of carbonyl (C=O) groups is 1. The predicted octanol–water partition coefficient (Wildman–Crippen LogP) is 3.00. The van der Waals surface area contributed by atoms with E-state index in [1.165, 1.54) is 0 Å². The summed E-state index contributed by atoms with van der Waals surface area (Å²) in [5.41, 5.74) is 2.20. The predicted molar refractivity (Wildman–Crippen MR) is 96.2 cm³/mol. The lowest BCUT2D eigenvalue weighted by Gasteiger charge is -2.32. The Morgan fingerprint density at radius 2 is 2.16 bits per heavy atom. The van der Waals surface area contributed by atoms with Crippen LogP contribution in [0, 0.1) is 11.3 Å². The Bertz CT molecular complexity index is 780. The van der Waals surface area contributed by atoms with Gasteiger partial charge in [-0.25, -0.2) is 0 Å². The van der Waals surface area contributed by atoms with Gasteiger partial charge in [-0.3, -0.25) is 14.7 Å². The largest absolute Gasteiger partial charge is 0.349 e. The second-order valence-corrected chi connectivity index (χ2v) is 6.60. The van der Waals surface area contributed by atoms with Gasteiger partial charge < -0.3 is 5.32 Å². The molecule has 128 valence electrons. The molecule has 0 radical (unpaired) electrons. The Hall–Kier alpha value is -2.42. The van der Waals surface area contributed by atoms with E-state index in [2.05, 4.69) is 21.3 Å². The number of benzene rings is 1. The molecule has 1 saturated heterocycles. The Balaban J connectivity index is 1.50. The van der Waals surface area contributed by atoms with Crippen molar-refractivity contribution >= 4 is 17.5 Å². The first kappa shape index (κ1) is 17.4. The zero-order valence-corrected chi connectivity index (χ0v) is 14.5. The van der Waals surface area contributed by atoms with Crippen LogP contribution >= 0.6 is 11.6 Å². The highest BCUT2D eigenvalue weighted by Crippen LogP contribution is 2.20. The van der Waals surface area contributed by atoms with Crippen LogP contribution in [0.4, 0.5) is 0 Å². The zero-order chi connectivity index (χ0) is 17.6. The van der Waals surface area contributed by atoms with Gasteiger partial charge in [-0.1, -0.05) is 17.7 Å². The van der Waals surface area contributed by atoms with Gasteiger partial charge in [0.2, 0.25) is 0 Å². The van der Waals surface area contributed by atoms with Crippen molar-refractivity contribution in [1.29, 1.82) is 5.26 Å². The molecule has 1 aliphatic heterocycles. The fraction of sp³-hybridized carbons (Fsp3) is 0.316. The molecule has 0 aliphatic carbocycles. The minimum absolute atomic E-state index is 0.0644. The van der Waals surface area contributed by atoms with Crippen molar-refractivity contribution in [2.45, 2.75) is 25.4 Å². The van der Waals surface area contributed by atoms with E-state index in [1.807, 2.05) is 12.1 Å². The number of pyridine rings is 1. The summed E-state index contributed by atoms with van der Waals surface area (Å²) in [4.78, 5) is 18.5. The van der Waals surface area contributed by atoms with E-state index in [9.17, 15) is 4.79 Å². The number of halogens is 1. The smallest absolute Gasteiger partial charge is 0.253 e. The summed E-state index contributed by atoms with van der Waals surface area (Å²) in [6.07, 6.45) is 5.07. The van der Waals surface area contributed by atoms with Gasteiger partial charge in [0.15, 0.2) is 0 Å². The molecule has 1 amide bonds. The molecule has 1 fully saturated rings. The maximum atomic E-state index is 12.2. The third kappa shape index (κ3) is 4.56. The van der Waals surface area contributed by atoms with Gasteiger partial charge in [0.05, 0.1) is 16.1 Å². The molecule has 2 aromatic rings. The SMILES string of the molecule is N#Cc1ccc(CN2CCC(NC(=O)c3cccnc3)CC2)cc1Cl. The molecule has 1 aromatic carbocycles. The summed E-state index contributed by atoms with van der Waals surface area (Å²) in [7, 11) is 0. The molecule has 0 unspecified atom stereocenters. The van der Waals surface area contributed by atoms with Crippen molar-refractivity contribution in [2.24, 2.45) is 0 Å². The second kappa shape index (κ2) is 8.11. The van der Waals surface area contributed by atoms with Gasteiger partial charge in [-0.2, -0.15) is 5.26 Å². The average Bonchev–Trinajstić information content (AvgIpc) is 2.64. The van der Waals surface area contributed by atoms with E-state index in [1.54, 1.807) is 30.6 Å². The van der Waals surface area contributed by atoms with Gasteiger partial charge in [0.1, 0.15) is 6.07 Å². The number of nitrogens with one attached hydrogen (secondary N) is 1. The first-order valence-corrected chi connectivity index (χ1v) is 8.65. The number of nitriles is 1. The maximum absolute atomic E-state index is 12.2. The van der Waals surface area contributed by atoms with Crippen LogP contribution in [-0.4, -0.2) is 34.9 Å². The molecular formula is C19H19ClN4O. The number of hydrogen-bond donors (Lipinski definition) is 1. The van der Waals surface area contributed by atoms with Crippen molar-refractivity contribution in [1.82, 2.24) is 15.2 Å². The number of aromatic nitrogens is 1. The molecule has 0 bridgehead atoms. The van der Waals surface area contributed by atoms with Crippen LogP contribution in [0.15, 0.2) is 42.7 Å². The standard InChI is InChI=1S/C19H19ClN4O/c20-18-10-14(3-4-15(18)11-21)13-24-8-5-17(6-9-24)23-19(25)16-2-1-7-22-12-16/h1-4,7,10,12,17H,5-6,8-9,13H2,(H,23,25). The van der Waals surface area contributed by atoms with E-state index in [-0.39, 0.29) is 11.9 Å². The van der Waals surface area contributed by atoms with Crippen LogP contribution in [-0.2, 0) is 6.54 Å². The lowest BCUT2D eigenvalue weighted by molar-refractivity contribution is 0.0908. The summed E-state index contributed by atoms with van der Waals surface area (Å²) in [5.74, 6) is -0.0644. The van der Waals surface area contributed by atoms with Crippen LogP contribution in [0.25, 0.3) is 0 Å². The quantitative estimate of drug-likeness (QED) is 0.916. The van der Waals surface area contributed by atoms with Crippen molar-refractivity contribution in [3.8, 4) is 6.07 Å². The highest BCUT2D eigenvalue weighted by Gasteiger charge is 2.21. The highest BCUT2D eigenvalue weighted by molar-refractivity contribution is 6.31. The Kier molecular flexibility index (Phi) is 5.64. The molecular weight excluding hydrogens is 336 g/mol. The number of amides is 1. The number of rotatable bonds is 4. The van der Waals surface area contributed by atoms with Gasteiger partial charge in [-0.15, -0.1) is 0 Å². The van der Waals surface area contributed by atoms with Gasteiger partial charge in [-0.05, 0) is 42.7 Å². The normalized spacial score (nSPS) is 15.5. The molecule has 1 N–H and O–H groups in total. The minimum atomic E-state index is -0.0644. The Morgan fingerprint density at radius 1 is 1.36 bits per heavy atom. The maximum Gasteiger partial charge on any atom is 0.253 e. The summed E-state index contributed by atoms with van der Waals surface area (Å²) < 4.78 is 0. The molecule has 6 heteroatoms. The summed E-state index contributed by atoms with van der Waals surface area (Å²) >= 11 is 6.09. The molecule has 0 saturated carbocycles. The van der Waals surface area contributed by atoms with Crippen molar-refractivity contribution in [3.63, 3.8) is 0 Å². The molecule has 1 aromatic heterocycles. The molecule has 2 heterocycles. The molecule has 3 rings (SSSR count). The molecule has 0 atom stereocenters. The van der Waals surface area contributed by atoms with Crippen molar-refractivity contribution < 1.29 is 4.79 Å². The molecule has 25 heavy (non-hydrogen) atoms. The molecule has 5 nitrogen and oxygen atoms in total. The van der Waals surface area contributed by atoms with Crippen LogP contribution < -0.4 is 5.32 Å². The van der Waals surface area contributed by atoms with Crippen LogP contribution in [0.2, 0.25) is 5.02 Å². The molecule has 1 aliphatic rings. The Morgan fingerprint density at radius 3 is 2.80 bits per heavy atom. The van der Waals surface area contributed by atoms with Crippen molar-refractivity contribution in [3.05, 3.63) is 64.4 Å². The monoisotopic (exact) mass is 354 g/mol. The van der Waals surface area contributed by atoms with E-state index in [0.717, 1.165) is 38.0 Å². The first-order chi connectivity index (χ1) is 12.2. The number of likely N-dealkylation sites (tertiary alicyclic amines) is 1. The summed E-state index contributed by atoms with van der Waals surface area (Å²) in [5, 5.41) is 12.5. The Labute approximate surface area is 152 Å². The summed E-state index contributed by atoms with van der Waals surface area (Å²) in [6, 6.07) is 11.4. The van der Waals surface area contributed by atoms with Gasteiger partial charge in [0.25, 0.3) is 5.91 Å². The van der Waals surface area contributed by atoms with Gasteiger partial charge in [0, 0.05) is 38.1 Å². The van der Waals surface area contributed by atoms with Crippen LogP contribution in [0.5, 0.6) is 0 Å². The topological polar surface area (TPSA) is 69.0 Å². The number of hydrogen-bond acceptors (Lipinski definition) is 4. The fourth-order valence-corrected chi connectivity index (χ4v) is 3.25. The average molecular weight is 355 g/mol. The number of carbonyl (C=O) groups excluding carboxylic acids is 1. The third-order valence-corrected chi connectivity index (χ3v) is 4.72. The van der Waals surface area contributed by atoms with Gasteiger partial charge >= 0.3 is 0 Å². The number of nitrogens with zero attached hydrogens (tertiary/aromatic N) is 3. The van der Waals surface area contributed by atoms with E-state index in [0.29, 0.717) is 16.1 Å². The van der Waals surface area contributed by atoms with E-state index in [4.69, 9.17) is 16.9 Å². The lowest BCUT2D eigenvalue weighted by atomic mass is 10.0. The minimum Gasteiger partial charge on any atom is -0.349 e. The van der Waals surface area contributed by atoms with Crippen molar-refractivity contribution in [2.75, 3.05) is 13.1 Å². The molecule has 0 spiro atoms. The van der Waals surface area contributed by atoms with E-state index >= 15 is 0 Å². The first-order valence-electron chi connectivity index (χ1n) is 8.27. The lowest BCUT2D eigenvalue weighted by Crippen LogP contribution is -2.44. The third-order valence-electron chi connectivity index (χ3n) is 4.41. The van der Waals surface area contributed by atoms with Crippen LogP contribution in [0.1, 0.15) is 34.3 Å².